The Bertz CT molecular complexity index is 484. The number of ether oxygens (including phenoxy) is 1. The van der Waals surface area contributed by atoms with E-state index in [0.717, 1.165) is 57.1 Å². The van der Waals surface area contributed by atoms with Crippen molar-refractivity contribution < 1.29 is 9.53 Å². The summed E-state index contributed by atoms with van der Waals surface area (Å²) >= 11 is 0. The van der Waals surface area contributed by atoms with Gasteiger partial charge in [0.05, 0.1) is 11.4 Å². The average molecular weight is 275 g/mol. The minimum Gasteiger partial charge on any atom is -0.382 e. The summed E-state index contributed by atoms with van der Waals surface area (Å²) in [6.07, 6.45) is 2.08. The van der Waals surface area contributed by atoms with Gasteiger partial charge in [-0.3, -0.25) is 4.79 Å². The van der Waals surface area contributed by atoms with Gasteiger partial charge in [0.25, 0.3) is 5.91 Å². The molecule has 3 rings (SSSR count). The Labute approximate surface area is 119 Å². The fourth-order valence-corrected chi connectivity index (χ4v) is 2.67. The number of amides is 1. The van der Waals surface area contributed by atoms with E-state index < -0.39 is 0 Å². The second-order valence-corrected chi connectivity index (χ2v) is 5.38. The SMILES string of the molecule is O=C(NCC1CCOCC1)c1ccc2c(c1)NCCN2. The van der Waals surface area contributed by atoms with Gasteiger partial charge < -0.3 is 20.7 Å². The molecule has 0 bridgehead atoms. The number of benzene rings is 1. The van der Waals surface area contributed by atoms with Crippen LogP contribution in [0.1, 0.15) is 23.2 Å². The maximum atomic E-state index is 12.2. The average Bonchev–Trinajstić information content (AvgIpc) is 2.53. The standard InChI is InChI=1S/C15H21N3O2/c19-15(18-10-11-3-7-20-8-4-11)12-1-2-13-14(9-12)17-6-5-16-13/h1-2,9,11,16-17H,3-8,10H2,(H,18,19). The Hall–Kier alpha value is -1.75. The Morgan fingerprint density at radius 1 is 1.20 bits per heavy atom. The molecule has 2 aliphatic rings. The summed E-state index contributed by atoms with van der Waals surface area (Å²) < 4.78 is 5.33. The number of carbonyl (C=O) groups excluding carboxylic acids is 1. The van der Waals surface area contributed by atoms with Crippen molar-refractivity contribution in [3.05, 3.63) is 23.8 Å². The molecule has 0 aromatic heterocycles. The van der Waals surface area contributed by atoms with E-state index in [1.54, 1.807) is 0 Å². The lowest BCUT2D eigenvalue weighted by Crippen LogP contribution is -2.32. The summed E-state index contributed by atoms with van der Waals surface area (Å²) in [5, 5.41) is 9.64. The van der Waals surface area contributed by atoms with Gasteiger partial charge in [0.1, 0.15) is 0 Å². The fraction of sp³-hybridized carbons (Fsp3) is 0.533. The third-order valence-electron chi connectivity index (χ3n) is 3.93. The van der Waals surface area contributed by atoms with Gasteiger partial charge in [-0.15, -0.1) is 0 Å². The Kier molecular flexibility index (Phi) is 4.06. The van der Waals surface area contributed by atoms with E-state index in [1.807, 2.05) is 18.2 Å². The first-order chi connectivity index (χ1) is 9.83. The van der Waals surface area contributed by atoms with Crippen LogP contribution >= 0.6 is 0 Å². The number of hydrogen-bond donors (Lipinski definition) is 3. The monoisotopic (exact) mass is 275 g/mol. The van der Waals surface area contributed by atoms with Crippen molar-refractivity contribution in [1.29, 1.82) is 0 Å². The molecule has 5 nitrogen and oxygen atoms in total. The summed E-state index contributed by atoms with van der Waals surface area (Å²) in [5.41, 5.74) is 2.79. The van der Waals surface area contributed by atoms with Gasteiger partial charge in [-0.25, -0.2) is 0 Å². The van der Waals surface area contributed by atoms with Crippen LogP contribution in [-0.2, 0) is 4.74 Å². The summed E-state index contributed by atoms with van der Waals surface area (Å²) in [6.45, 7) is 4.18. The molecule has 2 heterocycles. The van der Waals surface area contributed by atoms with Crippen molar-refractivity contribution in [2.75, 3.05) is 43.5 Å². The molecule has 0 spiro atoms. The topological polar surface area (TPSA) is 62.4 Å². The lowest BCUT2D eigenvalue weighted by Gasteiger charge is -2.23. The third-order valence-corrected chi connectivity index (χ3v) is 3.93. The lowest BCUT2D eigenvalue weighted by atomic mass is 10.0. The quantitative estimate of drug-likeness (QED) is 0.785. The molecule has 2 aliphatic heterocycles. The highest BCUT2D eigenvalue weighted by Crippen LogP contribution is 2.25. The predicted molar refractivity (Wildman–Crippen MR) is 79.3 cm³/mol. The van der Waals surface area contributed by atoms with E-state index in [1.165, 1.54) is 0 Å². The van der Waals surface area contributed by atoms with Crippen LogP contribution in [0.5, 0.6) is 0 Å². The first kappa shape index (κ1) is 13.2. The normalized spacial score (nSPS) is 18.6. The van der Waals surface area contributed by atoms with Crippen LogP contribution in [0.3, 0.4) is 0 Å². The number of hydrogen-bond acceptors (Lipinski definition) is 4. The minimum absolute atomic E-state index is 0.00617. The summed E-state index contributed by atoms with van der Waals surface area (Å²) in [4.78, 5) is 12.2. The molecule has 20 heavy (non-hydrogen) atoms. The predicted octanol–water partition coefficient (Wildman–Crippen LogP) is 1.68. The third kappa shape index (κ3) is 3.04. The second-order valence-electron chi connectivity index (χ2n) is 5.38. The van der Waals surface area contributed by atoms with Crippen LogP contribution < -0.4 is 16.0 Å². The first-order valence-corrected chi connectivity index (χ1v) is 7.30. The molecule has 1 fully saturated rings. The molecule has 1 aromatic carbocycles. The highest BCUT2D eigenvalue weighted by molar-refractivity contribution is 5.96. The fourth-order valence-electron chi connectivity index (χ4n) is 2.67. The summed E-state index contributed by atoms with van der Waals surface area (Å²) in [6, 6.07) is 5.75. The molecule has 0 unspecified atom stereocenters. The molecule has 1 aromatic rings. The Morgan fingerprint density at radius 2 is 1.95 bits per heavy atom. The zero-order valence-electron chi connectivity index (χ0n) is 11.6. The zero-order chi connectivity index (χ0) is 13.8. The van der Waals surface area contributed by atoms with Gasteiger partial charge in [-0.2, -0.15) is 0 Å². The van der Waals surface area contributed by atoms with Gasteiger partial charge in [-0.05, 0) is 37.0 Å². The molecule has 0 saturated carbocycles. The molecule has 0 atom stereocenters. The Morgan fingerprint density at radius 3 is 2.75 bits per heavy atom. The van der Waals surface area contributed by atoms with Crippen LogP contribution in [0.4, 0.5) is 11.4 Å². The Balaban J connectivity index is 1.59. The van der Waals surface area contributed by atoms with Gasteiger partial charge in [-0.1, -0.05) is 0 Å². The first-order valence-electron chi connectivity index (χ1n) is 7.30. The minimum atomic E-state index is 0.00617. The van der Waals surface area contributed by atoms with Gasteiger partial charge >= 0.3 is 0 Å². The van der Waals surface area contributed by atoms with E-state index in [2.05, 4.69) is 16.0 Å². The molecular formula is C15H21N3O2. The van der Waals surface area contributed by atoms with Crippen molar-refractivity contribution >= 4 is 17.3 Å². The van der Waals surface area contributed by atoms with Crippen molar-refractivity contribution in [2.24, 2.45) is 5.92 Å². The van der Waals surface area contributed by atoms with Crippen LogP contribution in [0.15, 0.2) is 18.2 Å². The van der Waals surface area contributed by atoms with Gasteiger partial charge in [0.2, 0.25) is 0 Å². The number of anilines is 2. The molecule has 1 saturated heterocycles. The molecule has 0 aliphatic carbocycles. The smallest absolute Gasteiger partial charge is 0.251 e. The van der Waals surface area contributed by atoms with Crippen LogP contribution in [-0.4, -0.2) is 38.8 Å². The van der Waals surface area contributed by atoms with Crippen LogP contribution in [0, 0.1) is 5.92 Å². The lowest BCUT2D eigenvalue weighted by molar-refractivity contribution is 0.0642. The van der Waals surface area contributed by atoms with E-state index in [-0.39, 0.29) is 5.91 Å². The van der Waals surface area contributed by atoms with Crippen molar-refractivity contribution in [1.82, 2.24) is 5.32 Å². The number of fused-ring (bicyclic) bond motifs is 1. The van der Waals surface area contributed by atoms with Crippen molar-refractivity contribution in [2.45, 2.75) is 12.8 Å². The highest BCUT2D eigenvalue weighted by atomic mass is 16.5. The van der Waals surface area contributed by atoms with Gasteiger partial charge in [0, 0.05) is 38.4 Å². The highest BCUT2D eigenvalue weighted by Gasteiger charge is 2.16. The van der Waals surface area contributed by atoms with Crippen LogP contribution in [0.2, 0.25) is 0 Å². The molecule has 5 heteroatoms. The number of carbonyl (C=O) groups is 1. The maximum Gasteiger partial charge on any atom is 0.251 e. The van der Waals surface area contributed by atoms with E-state index in [9.17, 15) is 4.79 Å². The molecular weight excluding hydrogens is 254 g/mol. The maximum absolute atomic E-state index is 12.2. The number of rotatable bonds is 3. The second kappa shape index (κ2) is 6.13. The molecule has 1 amide bonds. The van der Waals surface area contributed by atoms with E-state index in [0.29, 0.717) is 11.5 Å². The molecule has 0 radical (unpaired) electrons. The van der Waals surface area contributed by atoms with Gasteiger partial charge in [0.15, 0.2) is 0 Å². The molecule has 3 N–H and O–H groups in total. The van der Waals surface area contributed by atoms with Crippen molar-refractivity contribution in [3.8, 4) is 0 Å². The zero-order valence-corrected chi connectivity index (χ0v) is 11.6. The van der Waals surface area contributed by atoms with Crippen LogP contribution in [0.25, 0.3) is 0 Å². The van der Waals surface area contributed by atoms with Crippen molar-refractivity contribution in [3.63, 3.8) is 0 Å². The molecule has 108 valence electrons. The summed E-state index contributed by atoms with van der Waals surface area (Å²) in [5.74, 6) is 0.553. The van der Waals surface area contributed by atoms with E-state index in [4.69, 9.17) is 4.74 Å². The number of nitrogens with one attached hydrogen (secondary N) is 3. The largest absolute Gasteiger partial charge is 0.382 e. The van der Waals surface area contributed by atoms with E-state index >= 15 is 0 Å². The summed E-state index contributed by atoms with van der Waals surface area (Å²) in [7, 11) is 0.